The Kier molecular flexibility index (Phi) is 3.88. The Morgan fingerprint density at radius 1 is 1.05 bits per heavy atom. The molecule has 2 aromatic rings. The lowest BCUT2D eigenvalue weighted by molar-refractivity contribution is 0.726. The van der Waals surface area contributed by atoms with E-state index >= 15 is 0 Å². The van der Waals surface area contributed by atoms with Gasteiger partial charge in [-0.25, -0.2) is 4.98 Å². The highest BCUT2D eigenvalue weighted by Gasteiger charge is 2.14. The van der Waals surface area contributed by atoms with Crippen molar-refractivity contribution in [3.05, 3.63) is 36.0 Å². The zero-order valence-corrected chi connectivity index (χ0v) is 11.9. The van der Waals surface area contributed by atoms with Crippen LogP contribution in [0.1, 0.15) is 31.4 Å². The molecule has 1 aliphatic rings. The van der Waals surface area contributed by atoms with Crippen molar-refractivity contribution in [3.63, 3.8) is 0 Å². The topological polar surface area (TPSA) is 16.1 Å². The molecular weight excluding hydrogens is 256 g/mol. The van der Waals surface area contributed by atoms with Crippen molar-refractivity contribution in [2.24, 2.45) is 0 Å². The second kappa shape index (κ2) is 5.79. The highest BCUT2D eigenvalue weighted by atomic mass is 35.5. The van der Waals surface area contributed by atoms with Gasteiger partial charge in [-0.2, -0.15) is 0 Å². The van der Waals surface area contributed by atoms with Crippen molar-refractivity contribution in [3.8, 4) is 0 Å². The molecule has 0 atom stereocenters. The van der Waals surface area contributed by atoms with Crippen molar-refractivity contribution in [1.29, 1.82) is 0 Å². The third-order valence-corrected chi connectivity index (χ3v) is 4.09. The molecule has 0 amide bonds. The summed E-state index contributed by atoms with van der Waals surface area (Å²) in [7, 11) is 0. The zero-order chi connectivity index (χ0) is 13.1. The SMILES string of the molecule is ClCc1cc2ccccc2c(N2CCCCCC2)n1. The van der Waals surface area contributed by atoms with Gasteiger partial charge in [-0.15, -0.1) is 11.6 Å². The first-order valence-electron chi connectivity index (χ1n) is 7.08. The molecule has 2 nitrogen and oxygen atoms in total. The van der Waals surface area contributed by atoms with Crippen LogP contribution in [-0.4, -0.2) is 18.1 Å². The fourth-order valence-corrected chi connectivity index (χ4v) is 2.96. The Balaban J connectivity index is 2.09. The maximum absolute atomic E-state index is 5.99. The number of rotatable bonds is 2. The van der Waals surface area contributed by atoms with Gasteiger partial charge in [-0.05, 0) is 24.3 Å². The van der Waals surface area contributed by atoms with E-state index < -0.39 is 0 Å². The Morgan fingerprint density at radius 3 is 2.53 bits per heavy atom. The fourth-order valence-electron chi connectivity index (χ4n) is 2.83. The van der Waals surface area contributed by atoms with Crippen LogP contribution >= 0.6 is 11.6 Å². The van der Waals surface area contributed by atoms with Gasteiger partial charge in [0.25, 0.3) is 0 Å². The molecule has 3 rings (SSSR count). The third kappa shape index (κ3) is 2.69. The van der Waals surface area contributed by atoms with Crippen LogP contribution < -0.4 is 4.90 Å². The summed E-state index contributed by atoms with van der Waals surface area (Å²) in [4.78, 5) is 7.21. The van der Waals surface area contributed by atoms with Crippen LogP contribution in [0.3, 0.4) is 0 Å². The van der Waals surface area contributed by atoms with E-state index in [1.807, 2.05) is 0 Å². The van der Waals surface area contributed by atoms with Crippen molar-refractivity contribution in [1.82, 2.24) is 4.98 Å². The summed E-state index contributed by atoms with van der Waals surface area (Å²) in [5.74, 6) is 1.60. The molecule has 0 saturated carbocycles. The number of nitrogens with zero attached hydrogens (tertiary/aromatic N) is 2. The van der Waals surface area contributed by atoms with E-state index in [0.717, 1.165) is 24.6 Å². The molecule has 3 heteroatoms. The molecule has 2 heterocycles. The molecule has 0 spiro atoms. The number of hydrogen-bond acceptors (Lipinski definition) is 2. The lowest BCUT2D eigenvalue weighted by Gasteiger charge is -2.23. The number of anilines is 1. The first kappa shape index (κ1) is 12.7. The van der Waals surface area contributed by atoms with Crippen LogP contribution in [0, 0.1) is 0 Å². The van der Waals surface area contributed by atoms with Gasteiger partial charge in [0, 0.05) is 18.5 Å². The van der Waals surface area contributed by atoms with Gasteiger partial charge in [0.2, 0.25) is 0 Å². The second-order valence-electron chi connectivity index (χ2n) is 5.19. The second-order valence-corrected chi connectivity index (χ2v) is 5.46. The molecule has 1 saturated heterocycles. The summed E-state index contributed by atoms with van der Waals surface area (Å²) >= 11 is 5.99. The van der Waals surface area contributed by atoms with E-state index in [1.54, 1.807) is 0 Å². The van der Waals surface area contributed by atoms with Crippen LogP contribution in [-0.2, 0) is 5.88 Å². The van der Waals surface area contributed by atoms with Crippen molar-refractivity contribution in [2.75, 3.05) is 18.0 Å². The largest absolute Gasteiger partial charge is 0.356 e. The van der Waals surface area contributed by atoms with Gasteiger partial charge in [-0.1, -0.05) is 37.1 Å². The van der Waals surface area contributed by atoms with Gasteiger partial charge in [-0.3, -0.25) is 0 Å². The minimum atomic E-state index is 0.478. The van der Waals surface area contributed by atoms with Crippen molar-refractivity contribution >= 4 is 28.2 Å². The van der Waals surface area contributed by atoms with Crippen molar-refractivity contribution in [2.45, 2.75) is 31.6 Å². The summed E-state index contributed by atoms with van der Waals surface area (Å²) in [5.41, 5.74) is 0.972. The molecule has 0 bridgehead atoms. The van der Waals surface area contributed by atoms with Crippen LogP contribution in [0.25, 0.3) is 10.8 Å². The summed E-state index contributed by atoms with van der Waals surface area (Å²) in [6.45, 7) is 2.23. The first-order chi connectivity index (χ1) is 9.38. The van der Waals surface area contributed by atoms with Crippen LogP contribution in [0.5, 0.6) is 0 Å². The number of pyridine rings is 1. The van der Waals surface area contributed by atoms with Crippen LogP contribution in [0.4, 0.5) is 5.82 Å². The molecule has 1 aliphatic heterocycles. The normalized spacial score (nSPS) is 16.6. The first-order valence-corrected chi connectivity index (χ1v) is 7.61. The average Bonchev–Trinajstić information content (AvgIpc) is 2.75. The van der Waals surface area contributed by atoms with E-state index in [-0.39, 0.29) is 0 Å². The lowest BCUT2D eigenvalue weighted by atomic mass is 10.1. The third-order valence-electron chi connectivity index (χ3n) is 3.82. The minimum Gasteiger partial charge on any atom is -0.356 e. The molecule has 0 N–H and O–H groups in total. The molecule has 0 unspecified atom stereocenters. The van der Waals surface area contributed by atoms with Crippen LogP contribution in [0.2, 0.25) is 0 Å². The van der Waals surface area contributed by atoms with E-state index in [0.29, 0.717) is 5.88 Å². The van der Waals surface area contributed by atoms with Crippen molar-refractivity contribution < 1.29 is 0 Å². The van der Waals surface area contributed by atoms with E-state index in [9.17, 15) is 0 Å². The summed E-state index contributed by atoms with van der Waals surface area (Å²) in [5, 5.41) is 2.49. The predicted molar refractivity (Wildman–Crippen MR) is 82.0 cm³/mol. The predicted octanol–water partition coefficient (Wildman–Crippen LogP) is 4.35. The summed E-state index contributed by atoms with van der Waals surface area (Å²) in [6.07, 6.45) is 5.20. The van der Waals surface area contributed by atoms with Gasteiger partial charge in [0.15, 0.2) is 0 Å². The lowest BCUT2D eigenvalue weighted by Crippen LogP contribution is -2.25. The minimum absolute atomic E-state index is 0.478. The Morgan fingerprint density at radius 2 is 1.79 bits per heavy atom. The van der Waals surface area contributed by atoms with Gasteiger partial charge >= 0.3 is 0 Å². The number of hydrogen-bond donors (Lipinski definition) is 0. The molecule has 1 aromatic heterocycles. The Bertz CT molecular complexity index is 560. The highest BCUT2D eigenvalue weighted by molar-refractivity contribution is 6.17. The number of fused-ring (bicyclic) bond motifs is 1. The van der Waals surface area contributed by atoms with Gasteiger partial charge in [0.05, 0.1) is 11.6 Å². The number of halogens is 1. The standard InChI is InChI=1S/C16H19ClN2/c17-12-14-11-13-7-3-4-8-15(13)16(18-14)19-9-5-1-2-6-10-19/h3-4,7-8,11H,1-2,5-6,9-10,12H2. The number of aromatic nitrogens is 1. The smallest absolute Gasteiger partial charge is 0.136 e. The fraction of sp³-hybridized carbons (Fsp3) is 0.438. The molecule has 1 aromatic carbocycles. The maximum atomic E-state index is 5.99. The molecule has 19 heavy (non-hydrogen) atoms. The maximum Gasteiger partial charge on any atom is 0.136 e. The molecule has 1 fully saturated rings. The quantitative estimate of drug-likeness (QED) is 0.757. The van der Waals surface area contributed by atoms with E-state index in [1.165, 1.54) is 36.5 Å². The number of benzene rings is 1. The van der Waals surface area contributed by atoms with E-state index in [4.69, 9.17) is 16.6 Å². The van der Waals surface area contributed by atoms with Crippen LogP contribution in [0.15, 0.2) is 30.3 Å². The van der Waals surface area contributed by atoms with E-state index in [2.05, 4.69) is 35.2 Å². The molecular formula is C16H19ClN2. The molecule has 100 valence electrons. The average molecular weight is 275 g/mol. The number of alkyl halides is 1. The monoisotopic (exact) mass is 274 g/mol. The highest BCUT2D eigenvalue weighted by Crippen LogP contribution is 2.28. The summed E-state index contributed by atoms with van der Waals surface area (Å²) in [6, 6.07) is 10.6. The molecule has 0 aliphatic carbocycles. The Hall–Kier alpha value is -1.28. The van der Waals surface area contributed by atoms with Gasteiger partial charge < -0.3 is 4.90 Å². The summed E-state index contributed by atoms with van der Waals surface area (Å²) < 4.78 is 0. The zero-order valence-electron chi connectivity index (χ0n) is 11.1. The van der Waals surface area contributed by atoms with Gasteiger partial charge in [0.1, 0.15) is 5.82 Å². The molecule has 0 radical (unpaired) electrons. The Labute approximate surface area is 119 Å².